The maximum atomic E-state index is 13.6. The average molecular weight is 435 g/mol. The molecule has 0 saturated carbocycles. The molecule has 0 bridgehead atoms. The topological polar surface area (TPSA) is 89.3 Å². The van der Waals surface area contributed by atoms with Crippen LogP contribution in [0.5, 0.6) is 0 Å². The lowest BCUT2D eigenvalue weighted by Crippen LogP contribution is -2.26. The molecule has 0 amide bonds. The summed E-state index contributed by atoms with van der Waals surface area (Å²) >= 11 is 11.3. The second-order valence-corrected chi connectivity index (χ2v) is 7.72. The van der Waals surface area contributed by atoms with Crippen molar-refractivity contribution in [2.75, 3.05) is 0 Å². The quantitative estimate of drug-likeness (QED) is 0.418. The number of aryl methyl sites for hydroxylation is 1. The Hall–Kier alpha value is -3.23. The number of benzene rings is 2. The number of nitrogens with zero attached hydrogens (tertiary/aromatic N) is 5. The van der Waals surface area contributed by atoms with Gasteiger partial charge >= 0.3 is 0 Å². The van der Waals surface area contributed by atoms with Crippen molar-refractivity contribution in [2.45, 2.75) is 12.2 Å². The first-order valence-corrected chi connectivity index (χ1v) is 10.0. The molecule has 1 N–H and O–H groups in total. The number of H-pyrrole nitrogens is 1. The number of fused-ring (bicyclic) bond motifs is 2. The molecule has 30 heavy (non-hydrogen) atoms. The van der Waals surface area contributed by atoms with E-state index in [4.69, 9.17) is 29.2 Å². The van der Waals surface area contributed by atoms with Crippen LogP contribution in [0.15, 0.2) is 59.9 Å². The van der Waals surface area contributed by atoms with Gasteiger partial charge < -0.3 is 4.98 Å². The van der Waals surface area contributed by atoms with Crippen LogP contribution in [-0.4, -0.2) is 29.5 Å². The summed E-state index contributed by atoms with van der Waals surface area (Å²) in [6.45, 7) is 1.89. The number of imidazole rings is 1. The highest BCUT2D eigenvalue weighted by molar-refractivity contribution is 7.80. The third-order valence-electron chi connectivity index (χ3n) is 4.98. The van der Waals surface area contributed by atoms with E-state index in [1.807, 2.05) is 37.3 Å². The number of hydrogen-bond acceptors (Lipinski definition) is 6. The first-order valence-electron chi connectivity index (χ1n) is 9.15. The zero-order chi connectivity index (χ0) is 20.8. The zero-order valence-corrected chi connectivity index (χ0v) is 17.4. The van der Waals surface area contributed by atoms with Crippen molar-refractivity contribution in [3.8, 4) is 5.69 Å². The standard InChI is InChI=1S/C21H15ClN6OS/c1-11-5-4-7-13-15(11)21(29)28(14-8-3-2-6-12(14)22)20(27-13)18(30)16-17-19(25-9-23-16)26-10-24-17/h2-10,18,30H,1H3,(H,23,24,25,26). The lowest BCUT2D eigenvalue weighted by atomic mass is 10.1. The highest BCUT2D eigenvalue weighted by atomic mass is 35.5. The van der Waals surface area contributed by atoms with Crippen LogP contribution in [0.2, 0.25) is 5.02 Å². The van der Waals surface area contributed by atoms with Gasteiger partial charge in [0.15, 0.2) is 5.65 Å². The van der Waals surface area contributed by atoms with Crippen molar-refractivity contribution in [3.05, 3.63) is 87.6 Å². The summed E-state index contributed by atoms with van der Waals surface area (Å²) in [6, 6.07) is 12.7. The van der Waals surface area contributed by atoms with E-state index in [0.29, 0.717) is 44.3 Å². The summed E-state index contributed by atoms with van der Waals surface area (Å²) in [5, 5.41) is 0.339. The largest absolute Gasteiger partial charge is 0.342 e. The molecule has 5 rings (SSSR count). The number of hydrogen-bond donors (Lipinski definition) is 2. The lowest BCUT2D eigenvalue weighted by Gasteiger charge is -2.19. The number of aromatic nitrogens is 6. The minimum atomic E-state index is -0.634. The first-order chi connectivity index (χ1) is 14.6. The molecule has 0 aliphatic rings. The smallest absolute Gasteiger partial charge is 0.266 e. The Morgan fingerprint density at radius 2 is 1.93 bits per heavy atom. The van der Waals surface area contributed by atoms with E-state index in [2.05, 4.69) is 19.9 Å². The van der Waals surface area contributed by atoms with Gasteiger partial charge in [-0.05, 0) is 30.7 Å². The fourth-order valence-electron chi connectivity index (χ4n) is 3.58. The van der Waals surface area contributed by atoms with Crippen LogP contribution in [0.1, 0.15) is 22.3 Å². The lowest BCUT2D eigenvalue weighted by molar-refractivity contribution is 0.829. The summed E-state index contributed by atoms with van der Waals surface area (Å²) < 4.78 is 1.51. The van der Waals surface area contributed by atoms with Gasteiger partial charge in [-0.25, -0.2) is 19.9 Å². The van der Waals surface area contributed by atoms with E-state index in [0.717, 1.165) is 5.56 Å². The molecule has 0 spiro atoms. The van der Waals surface area contributed by atoms with Gasteiger partial charge in [0.2, 0.25) is 0 Å². The third kappa shape index (κ3) is 2.88. The van der Waals surface area contributed by atoms with Gasteiger partial charge in [0, 0.05) is 0 Å². The number of thiol groups is 1. The number of para-hydroxylation sites is 1. The molecule has 3 aromatic heterocycles. The Morgan fingerprint density at radius 1 is 1.10 bits per heavy atom. The Kier molecular flexibility index (Phi) is 4.52. The van der Waals surface area contributed by atoms with Gasteiger partial charge in [-0.15, -0.1) is 0 Å². The van der Waals surface area contributed by atoms with E-state index in [1.54, 1.807) is 18.5 Å². The van der Waals surface area contributed by atoms with Crippen molar-refractivity contribution < 1.29 is 0 Å². The van der Waals surface area contributed by atoms with E-state index < -0.39 is 5.25 Å². The normalized spacial score (nSPS) is 12.5. The van der Waals surface area contributed by atoms with Gasteiger partial charge in [0.1, 0.15) is 22.9 Å². The fourth-order valence-corrected chi connectivity index (χ4v) is 4.16. The summed E-state index contributed by atoms with van der Waals surface area (Å²) in [5.41, 5.74) is 3.48. The minimum Gasteiger partial charge on any atom is -0.342 e. The number of aromatic amines is 1. The molecule has 0 aliphatic heterocycles. The third-order valence-corrected chi connectivity index (χ3v) is 5.78. The van der Waals surface area contributed by atoms with E-state index in [-0.39, 0.29) is 5.56 Å². The molecule has 0 radical (unpaired) electrons. The predicted molar refractivity (Wildman–Crippen MR) is 120 cm³/mol. The van der Waals surface area contributed by atoms with Crippen molar-refractivity contribution in [1.29, 1.82) is 0 Å². The van der Waals surface area contributed by atoms with Crippen LogP contribution in [0.4, 0.5) is 0 Å². The molecule has 7 nitrogen and oxygen atoms in total. The summed E-state index contributed by atoms with van der Waals surface area (Å²) in [4.78, 5) is 34.2. The molecule has 0 fully saturated rings. The van der Waals surface area contributed by atoms with Crippen molar-refractivity contribution >= 4 is 46.3 Å². The molecule has 1 unspecified atom stereocenters. The van der Waals surface area contributed by atoms with Crippen LogP contribution in [-0.2, 0) is 0 Å². The maximum absolute atomic E-state index is 13.6. The summed E-state index contributed by atoms with van der Waals surface area (Å²) in [7, 11) is 0. The van der Waals surface area contributed by atoms with Gasteiger partial charge in [-0.1, -0.05) is 35.9 Å². The molecular formula is C21H15ClN6OS. The average Bonchev–Trinajstić information content (AvgIpc) is 3.23. The van der Waals surface area contributed by atoms with Gasteiger partial charge in [-0.3, -0.25) is 9.36 Å². The molecule has 148 valence electrons. The van der Waals surface area contributed by atoms with Gasteiger partial charge in [-0.2, -0.15) is 12.6 Å². The van der Waals surface area contributed by atoms with Gasteiger partial charge in [0.05, 0.1) is 33.6 Å². The maximum Gasteiger partial charge on any atom is 0.266 e. The molecule has 0 aliphatic carbocycles. The van der Waals surface area contributed by atoms with E-state index >= 15 is 0 Å². The van der Waals surface area contributed by atoms with Crippen LogP contribution in [0, 0.1) is 6.92 Å². The monoisotopic (exact) mass is 434 g/mol. The Balaban J connectivity index is 1.87. The highest BCUT2D eigenvalue weighted by Gasteiger charge is 2.25. The van der Waals surface area contributed by atoms with Crippen LogP contribution in [0.25, 0.3) is 27.8 Å². The van der Waals surface area contributed by atoms with Crippen LogP contribution >= 0.6 is 24.2 Å². The minimum absolute atomic E-state index is 0.213. The van der Waals surface area contributed by atoms with E-state index in [9.17, 15) is 4.79 Å². The first kappa shape index (κ1) is 18.8. The zero-order valence-electron chi connectivity index (χ0n) is 15.7. The molecular weight excluding hydrogens is 420 g/mol. The summed E-state index contributed by atoms with van der Waals surface area (Å²) in [6.07, 6.45) is 2.96. The SMILES string of the molecule is Cc1cccc2nc(C(S)c3ncnc4nc[nH]c34)n(-c3ccccc3Cl)c(=O)c12. The molecule has 1 atom stereocenters. The second-order valence-electron chi connectivity index (χ2n) is 6.79. The molecule has 5 aromatic rings. The number of rotatable bonds is 3. The predicted octanol–water partition coefficient (Wildman–Crippen LogP) is 4.03. The summed E-state index contributed by atoms with van der Waals surface area (Å²) in [5.74, 6) is 0.407. The molecule has 9 heteroatoms. The van der Waals surface area contributed by atoms with Gasteiger partial charge in [0.25, 0.3) is 5.56 Å². The Labute approximate surface area is 181 Å². The molecule has 2 aromatic carbocycles. The number of nitrogens with one attached hydrogen (secondary N) is 1. The van der Waals surface area contributed by atoms with E-state index in [1.165, 1.54) is 10.9 Å². The van der Waals surface area contributed by atoms with Crippen molar-refractivity contribution in [1.82, 2.24) is 29.5 Å². The van der Waals surface area contributed by atoms with Crippen LogP contribution < -0.4 is 5.56 Å². The second kappa shape index (κ2) is 7.23. The number of halogens is 1. The highest BCUT2D eigenvalue weighted by Crippen LogP contribution is 2.32. The Bertz CT molecular complexity index is 1480. The Morgan fingerprint density at radius 3 is 2.77 bits per heavy atom. The molecule has 0 saturated heterocycles. The molecule has 3 heterocycles. The van der Waals surface area contributed by atoms with Crippen molar-refractivity contribution in [2.24, 2.45) is 0 Å². The van der Waals surface area contributed by atoms with Crippen molar-refractivity contribution in [3.63, 3.8) is 0 Å². The fraction of sp³-hybridized carbons (Fsp3) is 0.0952. The van der Waals surface area contributed by atoms with Crippen LogP contribution in [0.3, 0.4) is 0 Å².